The van der Waals surface area contributed by atoms with Crippen LogP contribution in [0.2, 0.25) is 0 Å². The van der Waals surface area contributed by atoms with Gasteiger partial charge in [-0.05, 0) is 125 Å². The van der Waals surface area contributed by atoms with Crippen LogP contribution < -0.4 is 0 Å². The number of aliphatic hydroxyl groups excluding tert-OH is 2. The molecule has 4 fully saturated rings. The third-order valence-electron chi connectivity index (χ3n) is 11.5. The Labute approximate surface area is 239 Å². The van der Waals surface area contributed by atoms with Crippen LogP contribution in [-0.4, -0.2) is 56.2 Å². The molecule has 0 aromatic heterocycles. The zero-order chi connectivity index (χ0) is 29.1. The third-order valence-corrected chi connectivity index (χ3v) is 11.6. The lowest BCUT2D eigenvalue weighted by atomic mass is 9.42. The lowest BCUT2D eigenvalue weighted by molar-refractivity contribution is -0.220. The summed E-state index contributed by atoms with van der Waals surface area (Å²) in [5.74, 6) is -0.0137. The van der Waals surface area contributed by atoms with E-state index in [1.807, 2.05) is 20.8 Å². The largest absolute Gasteiger partial charge is 0.460 e. The van der Waals surface area contributed by atoms with Crippen molar-refractivity contribution in [1.29, 1.82) is 0 Å². The highest BCUT2D eigenvalue weighted by Gasteiger charge is 2.67. The first-order valence-corrected chi connectivity index (χ1v) is 15.5. The first-order chi connectivity index (χ1) is 17.9. The van der Waals surface area contributed by atoms with Crippen LogP contribution in [0.1, 0.15) is 106 Å². The highest BCUT2D eigenvalue weighted by atomic mass is 35.5. The average molecular weight is 571 g/mol. The number of aliphatic hydroxyl groups is 3. The van der Waals surface area contributed by atoms with Gasteiger partial charge in [-0.3, -0.25) is 4.79 Å². The maximum Gasteiger partial charge on any atom is 0.339 e. The second kappa shape index (κ2) is 10.7. The minimum atomic E-state index is -1.59. The zero-order valence-electron chi connectivity index (χ0n) is 24.9. The molecule has 4 rings (SSSR count). The molecule has 39 heavy (non-hydrogen) atoms. The molecular weight excluding hydrogens is 520 g/mol. The van der Waals surface area contributed by atoms with Crippen molar-refractivity contribution in [2.24, 2.45) is 46.3 Å². The predicted molar refractivity (Wildman–Crippen MR) is 149 cm³/mol. The van der Waals surface area contributed by atoms with Crippen LogP contribution in [0.15, 0.2) is 0 Å². The normalized spacial score (nSPS) is 45.4. The quantitative estimate of drug-likeness (QED) is 0.297. The van der Waals surface area contributed by atoms with Gasteiger partial charge in [-0.25, -0.2) is 4.79 Å². The van der Waals surface area contributed by atoms with Crippen LogP contribution in [0.5, 0.6) is 0 Å². The molecule has 0 heterocycles. The molecule has 0 aliphatic heterocycles. The van der Waals surface area contributed by atoms with E-state index >= 15 is 0 Å². The van der Waals surface area contributed by atoms with Gasteiger partial charge in [-0.15, -0.1) is 0 Å². The molecule has 7 nitrogen and oxygen atoms in total. The SMILES string of the molecule is CC(Cl)OC(=O)C1(O)CCC2(C)C(CC(O)C3C2CC(O)C2(C)C(C(C)CCC(=O)OC(C)(C)C)CCC32)C1. The first-order valence-electron chi connectivity index (χ1n) is 15.1. The molecule has 3 N–H and O–H groups in total. The van der Waals surface area contributed by atoms with E-state index in [0.717, 1.165) is 19.3 Å². The Balaban J connectivity index is 1.50. The van der Waals surface area contributed by atoms with Crippen molar-refractivity contribution in [2.75, 3.05) is 0 Å². The van der Waals surface area contributed by atoms with Gasteiger partial charge in [0, 0.05) is 6.42 Å². The number of alkyl halides is 1. The van der Waals surface area contributed by atoms with Gasteiger partial charge in [0.05, 0.1) is 12.2 Å². The average Bonchev–Trinajstić information content (AvgIpc) is 3.16. The Hall–Kier alpha value is -0.890. The molecule has 0 saturated heterocycles. The molecule has 12 atom stereocenters. The molecule has 0 amide bonds. The Morgan fingerprint density at radius 3 is 2.33 bits per heavy atom. The minimum absolute atomic E-state index is 0.0489. The summed E-state index contributed by atoms with van der Waals surface area (Å²) in [6.07, 6.45) is 4.29. The Bertz CT molecular complexity index is 932. The van der Waals surface area contributed by atoms with Crippen molar-refractivity contribution in [2.45, 2.75) is 135 Å². The molecule has 4 aliphatic carbocycles. The predicted octanol–water partition coefficient (Wildman–Crippen LogP) is 5.20. The Morgan fingerprint density at radius 1 is 1.05 bits per heavy atom. The van der Waals surface area contributed by atoms with Crippen molar-refractivity contribution in [3.63, 3.8) is 0 Å². The second-order valence-electron chi connectivity index (χ2n) is 14.9. The van der Waals surface area contributed by atoms with Crippen LogP contribution in [0.4, 0.5) is 0 Å². The fraction of sp³-hybridized carbons (Fsp3) is 0.935. The standard InChI is InChI=1S/C31H51ClO7/c1-17(8-11-25(35)39-28(3,4)5)20-9-10-21-26-22(15-24(34)30(20,21)7)29(6)12-13-31(37,27(36)38-18(2)32)16-19(29)14-23(26)33/h17-24,26,33-34,37H,8-16H2,1-7H3. The monoisotopic (exact) mass is 570 g/mol. The summed E-state index contributed by atoms with van der Waals surface area (Å²) in [5.41, 5.74) is -3.42. The second-order valence-corrected chi connectivity index (χ2v) is 15.5. The summed E-state index contributed by atoms with van der Waals surface area (Å²) >= 11 is 5.86. The maximum absolute atomic E-state index is 12.7. The molecule has 224 valence electrons. The zero-order valence-corrected chi connectivity index (χ0v) is 25.7. The number of esters is 2. The molecular formula is C31H51ClO7. The molecule has 8 heteroatoms. The van der Waals surface area contributed by atoms with Crippen LogP contribution in [0, 0.1) is 46.3 Å². The summed E-state index contributed by atoms with van der Waals surface area (Å²) < 4.78 is 10.7. The van der Waals surface area contributed by atoms with E-state index < -0.39 is 34.9 Å². The Kier molecular flexibility index (Phi) is 8.56. The van der Waals surface area contributed by atoms with E-state index in [-0.39, 0.29) is 58.7 Å². The number of ether oxygens (including phenoxy) is 2. The molecule has 0 bridgehead atoms. The first kappa shape index (κ1) is 31.1. The smallest absolute Gasteiger partial charge is 0.339 e. The number of carbonyl (C=O) groups excluding carboxylic acids is 2. The topological polar surface area (TPSA) is 113 Å². The van der Waals surface area contributed by atoms with Crippen LogP contribution in [0.3, 0.4) is 0 Å². The van der Waals surface area contributed by atoms with Crippen molar-refractivity contribution in [3.05, 3.63) is 0 Å². The van der Waals surface area contributed by atoms with Crippen LogP contribution in [-0.2, 0) is 19.1 Å². The number of fused-ring (bicyclic) bond motifs is 5. The molecule has 0 radical (unpaired) electrons. The third kappa shape index (κ3) is 5.63. The number of hydrogen-bond acceptors (Lipinski definition) is 7. The lowest BCUT2D eigenvalue weighted by Crippen LogP contribution is -2.64. The van der Waals surface area contributed by atoms with Crippen molar-refractivity contribution in [3.8, 4) is 0 Å². The summed E-state index contributed by atoms with van der Waals surface area (Å²) in [6, 6.07) is 0. The fourth-order valence-electron chi connectivity index (χ4n) is 9.53. The van der Waals surface area contributed by atoms with E-state index in [9.17, 15) is 24.9 Å². The van der Waals surface area contributed by atoms with Crippen molar-refractivity contribution >= 4 is 23.5 Å². The summed E-state index contributed by atoms with van der Waals surface area (Å²) in [4.78, 5) is 25.1. The lowest BCUT2D eigenvalue weighted by Gasteiger charge is -2.64. The van der Waals surface area contributed by atoms with E-state index in [0.29, 0.717) is 32.1 Å². The van der Waals surface area contributed by atoms with Gasteiger partial charge in [-0.1, -0.05) is 32.4 Å². The van der Waals surface area contributed by atoms with Gasteiger partial charge in [0.1, 0.15) is 5.60 Å². The minimum Gasteiger partial charge on any atom is -0.460 e. The van der Waals surface area contributed by atoms with E-state index in [2.05, 4.69) is 20.8 Å². The molecule has 4 saturated carbocycles. The van der Waals surface area contributed by atoms with E-state index in [1.54, 1.807) is 6.92 Å². The van der Waals surface area contributed by atoms with Crippen LogP contribution in [0.25, 0.3) is 0 Å². The summed E-state index contributed by atoms with van der Waals surface area (Å²) in [6.45, 7) is 13.8. The van der Waals surface area contributed by atoms with Gasteiger partial charge < -0.3 is 24.8 Å². The van der Waals surface area contributed by atoms with E-state index in [4.69, 9.17) is 21.1 Å². The summed E-state index contributed by atoms with van der Waals surface area (Å²) in [7, 11) is 0. The number of halogens is 1. The number of hydrogen-bond donors (Lipinski definition) is 3. The van der Waals surface area contributed by atoms with Crippen LogP contribution >= 0.6 is 11.6 Å². The van der Waals surface area contributed by atoms with Gasteiger partial charge in [0.25, 0.3) is 0 Å². The molecule has 0 spiro atoms. The van der Waals surface area contributed by atoms with Gasteiger partial charge >= 0.3 is 11.9 Å². The highest BCUT2D eigenvalue weighted by molar-refractivity contribution is 6.20. The fourth-order valence-corrected chi connectivity index (χ4v) is 9.61. The van der Waals surface area contributed by atoms with Crippen molar-refractivity contribution < 1.29 is 34.4 Å². The Morgan fingerprint density at radius 2 is 1.72 bits per heavy atom. The molecule has 0 aromatic carbocycles. The summed E-state index contributed by atoms with van der Waals surface area (Å²) in [5, 5.41) is 34.6. The van der Waals surface area contributed by atoms with E-state index in [1.165, 1.54) is 0 Å². The molecule has 0 aromatic rings. The molecule has 4 aliphatic rings. The van der Waals surface area contributed by atoms with Gasteiger partial charge in [0.2, 0.25) is 0 Å². The van der Waals surface area contributed by atoms with Gasteiger partial charge in [0.15, 0.2) is 11.2 Å². The molecule has 12 unspecified atom stereocenters. The highest BCUT2D eigenvalue weighted by Crippen LogP contribution is 2.69. The number of rotatable bonds is 6. The van der Waals surface area contributed by atoms with Gasteiger partial charge in [-0.2, -0.15) is 0 Å². The maximum atomic E-state index is 12.7. The number of carbonyl (C=O) groups is 2. The van der Waals surface area contributed by atoms with Crippen molar-refractivity contribution in [1.82, 2.24) is 0 Å².